The Labute approximate surface area is 410 Å². The van der Waals surface area contributed by atoms with E-state index in [0.29, 0.717) is 17.8 Å². The molecule has 0 fully saturated rings. The molecule has 2 aliphatic heterocycles. The van der Waals surface area contributed by atoms with Crippen LogP contribution in [0.1, 0.15) is 159 Å². The first-order valence-corrected chi connectivity index (χ1v) is 26.4. The Hall–Kier alpha value is -4.79. The van der Waals surface area contributed by atoms with Crippen LogP contribution in [0.3, 0.4) is 0 Å². The summed E-state index contributed by atoms with van der Waals surface area (Å²) < 4.78 is 0. The highest BCUT2D eigenvalue weighted by Gasteiger charge is 2.29. The van der Waals surface area contributed by atoms with Gasteiger partial charge in [0, 0.05) is 28.0 Å². The molecule has 0 saturated heterocycles. The maximum Gasteiger partial charge on any atom is 0.0516 e. The van der Waals surface area contributed by atoms with Crippen molar-refractivity contribution >= 4 is 17.4 Å². The van der Waals surface area contributed by atoms with Crippen LogP contribution >= 0.6 is 11.8 Å². The molecule has 0 amide bonds. The SMILES string of the molecule is C/C=C\C(=C1\Sc2ccccc2C1C)N1C/C=C\C(C)=C/Cc2ccccc21.C=C(/C=C\CC)C1=C(C2=CCCC=C2C(C)CC)CC=CC(C/C=C(C)\C=C/C(C)C)=C1.CC.CC.CC. The van der Waals surface area contributed by atoms with Crippen molar-refractivity contribution in [3.63, 3.8) is 0 Å². The molecule has 0 radical (unpaired) electrons. The molecule has 4 aliphatic rings. The summed E-state index contributed by atoms with van der Waals surface area (Å²) in [5.41, 5.74) is 16.3. The molecule has 2 unspecified atom stereocenters. The molecule has 2 heterocycles. The summed E-state index contributed by atoms with van der Waals surface area (Å²) in [7, 11) is 0. The summed E-state index contributed by atoms with van der Waals surface area (Å²) in [4.78, 5) is 5.31. The van der Waals surface area contributed by atoms with Crippen molar-refractivity contribution in [3.05, 3.63) is 213 Å². The minimum atomic E-state index is 0.413. The zero-order valence-electron chi connectivity index (χ0n) is 44.2. The predicted octanol–water partition coefficient (Wildman–Crippen LogP) is 20.3. The molecule has 1 nitrogen and oxygen atoms in total. The van der Waals surface area contributed by atoms with Crippen LogP contribution in [-0.4, -0.2) is 6.54 Å². The lowest BCUT2D eigenvalue weighted by molar-refractivity contribution is 0.653. The Morgan fingerprint density at radius 1 is 0.848 bits per heavy atom. The zero-order valence-corrected chi connectivity index (χ0v) is 45.0. The van der Waals surface area contributed by atoms with E-state index < -0.39 is 0 Å². The lowest BCUT2D eigenvalue weighted by atomic mass is 9.80. The second-order valence-corrected chi connectivity index (χ2v) is 18.0. The monoisotopic (exact) mass is 904 g/mol. The fourth-order valence-electron chi connectivity index (χ4n) is 8.12. The predicted molar refractivity (Wildman–Crippen MR) is 302 cm³/mol. The zero-order chi connectivity index (χ0) is 49.0. The summed E-state index contributed by atoms with van der Waals surface area (Å²) in [5.74, 6) is 1.58. The maximum absolute atomic E-state index is 4.48. The number of para-hydroxylation sites is 1. The first kappa shape index (κ1) is 57.3. The maximum atomic E-state index is 4.48. The largest absolute Gasteiger partial charge is 0.337 e. The summed E-state index contributed by atoms with van der Waals surface area (Å²) in [5, 5.41) is 0. The van der Waals surface area contributed by atoms with Gasteiger partial charge in [0.2, 0.25) is 0 Å². The van der Waals surface area contributed by atoms with Gasteiger partial charge in [0.05, 0.1) is 5.70 Å². The minimum Gasteiger partial charge on any atom is -0.337 e. The summed E-state index contributed by atoms with van der Waals surface area (Å²) in [6.07, 6.45) is 42.0. The Morgan fingerprint density at radius 3 is 2.23 bits per heavy atom. The Morgan fingerprint density at radius 2 is 1.55 bits per heavy atom. The average molecular weight is 904 g/mol. The molecular formula is C64H89NS. The first-order chi connectivity index (χ1) is 32.1. The van der Waals surface area contributed by atoms with Gasteiger partial charge in [-0.25, -0.2) is 0 Å². The molecule has 66 heavy (non-hydrogen) atoms. The smallest absolute Gasteiger partial charge is 0.0516 e. The van der Waals surface area contributed by atoms with Gasteiger partial charge < -0.3 is 4.90 Å². The number of allylic oxidation sites excluding steroid dienone is 23. The highest BCUT2D eigenvalue weighted by molar-refractivity contribution is 8.03. The number of benzene rings is 2. The Bertz CT molecular complexity index is 2210. The van der Waals surface area contributed by atoms with Crippen LogP contribution in [0.4, 0.5) is 5.69 Å². The van der Waals surface area contributed by atoms with E-state index in [-0.39, 0.29) is 0 Å². The van der Waals surface area contributed by atoms with Crippen LogP contribution in [0.2, 0.25) is 0 Å². The van der Waals surface area contributed by atoms with Crippen molar-refractivity contribution in [3.8, 4) is 0 Å². The molecule has 6 rings (SSSR count). The molecular weight excluding hydrogens is 815 g/mol. The molecule has 0 bridgehead atoms. The van der Waals surface area contributed by atoms with Gasteiger partial charge in [0.25, 0.3) is 0 Å². The third kappa shape index (κ3) is 17.1. The van der Waals surface area contributed by atoms with Gasteiger partial charge >= 0.3 is 0 Å². The van der Waals surface area contributed by atoms with Gasteiger partial charge in [0.1, 0.15) is 0 Å². The van der Waals surface area contributed by atoms with E-state index in [4.69, 9.17) is 0 Å². The lowest BCUT2D eigenvalue weighted by Gasteiger charge is -2.29. The van der Waals surface area contributed by atoms with Crippen LogP contribution in [0, 0.1) is 11.8 Å². The standard InChI is InChI=1S/C32H44.C26H27NS.3C2H6/c1-8-10-14-27(7)32-23-28(22-21-25(5)20-19-24(3)4)15-13-18-31(32)30-17-12-11-16-29(30)26(6)9-2;1-4-10-24(26-20(3)22-13-6-8-15-25(22)28-26)27-18-9-11-19(2)16-17-21-12-5-7-14-23(21)27;3*1-2/h10,13-17,19-21,23-24,26H,7-9,11-12,18,22H2,1-6H3;4-16,20H,17-18H2,1-3H3;3*1-2H3/b14-10-,20-19-,25-21-;10-4-,11-9-,19-16-,26-24-;;;. The van der Waals surface area contributed by atoms with Crippen LogP contribution in [0.15, 0.2) is 206 Å². The number of fused-ring (bicyclic) bond motifs is 2. The molecule has 2 aromatic rings. The minimum absolute atomic E-state index is 0.413. The summed E-state index contributed by atoms with van der Waals surface area (Å²) in [6, 6.07) is 17.6. The molecule has 2 heteroatoms. The first-order valence-electron chi connectivity index (χ1n) is 25.6. The number of hydrogen-bond acceptors (Lipinski definition) is 2. The normalized spacial score (nSPS) is 19.5. The van der Waals surface area contributed by atoms with Crippen molar-refractivity contribution in [1.82, 2.24) is 0 Å². The topological polar surface area (TPSA) is 3.24 Å². The summed E-state index contributed by atoms with van der Waals surface area (Å²) >= 11 is 1.93. The number of rotatable bonds is 12. The van der Waals surface area contributed by atoms with E-state index in [0.717, 1.165) is 50.6 Å². The number of hydrogen-bond donors (Lipinski definition) is 0. The molecule has 356 valence electrons. The van der Waals surface area contributed by atoms with Crippen molar-refractivity contribution in [2.24, 2.45) is 11.8 Å². The van der Waals surface area contributed by atoms with Crippen molar-refractivity contribution < 1.29 is 0 Å². The van der Waals surface area contributed by atoms with Crippen LogP contribution in [-0.2, 0) is 6.42 Å². The number of thioether (sulfide) groups is 1. The van der Waals surface area contributed by atoms with E-state index in [1.807, 2.05) is 53.3 Å². The number of nitrogens with zero attached hydrogens (tertiary/aromatic N) is 1. The van der Waals surface area contributed by atoms with Crippen LogP contribution in [0.25, 0.3) is 0 Å². The third-order valence-electron chi connectivity index (χ3n) is 11.7. The fourth-order valence-corrected chi connectivity index (χ4v) is 9.45. The van der Waals surface area contributed by atoms with Crippen LogP contribution in [0.5, 0.6) is 0 Å². The second-order valence-electron chi connectivity index (χ2n) is 16.9. The van der Waals surface area contributed by atoms with Crippen molar-refractivity contribution in [2.45, 2.75) is 160 Å². The molecule has 2 atom stereocenters. The Kier molecular flexibility index (Phi) is 27.8. The van der Waals surface area contributed by atoms with Crippen molar-refractivity contribution in [2.75, 3.05) is 11.4 Å². The fraction of sp³-hybridized carbons (Fsp3) is 0.406. The van der Waals surface area contributed by atoms with E-state index >= 15 is 0 Å². The van der Waals surface area contributed by atoms with Gasteiger partial charge in [0.15, 0.2) is 0 Å². The highest BCUT2D eigenvalue weighted by atomic mass is 32.2. The molecule has 0 N–H and O–H groups in total. The molecule has 0 aromatic heterocycles. The van der Waals surface area contributed by atoms with E-state index in [2.05, 4.69) is 213 Å². The quantitative estimate of drug-likeness (QED) is 0.195. The van der Waals surface area contributed by atoms with Gasteiger partial charge in [-0.15, -0.1) is 0 Å². The van der Waals surface area contributed by atoms with Gasteiger partial charge in [-0.3, -0.25) is 0 Å². The highest BCUT2D eigenvalue weighted by Crippen LogP contribution is 2.51. The average Bonchev–Trinajstić information content (AvgIpc) is 3.58. The summed E-state index contributed by atoms with van der Waals surface area (Å²) in [6.45, 7) is 37.5. The van der Waals surface area contributed by atoms with Crippen molar-refractivity contribution in [1.29, 1.82) is 0 Å². The number of anilines is 1. The lowest BCUT2D eigenvalue weighted by Crippen LogP contribution is -2.24. The second kappa shape index (κ2) is 32.0. The Balaban J connectivity index is 0.000000409. The van der Waals surface area contributed by atoms with E-state index in [1.54, 1.807) is 0 Å². The van der Waals surface area contributed by atoms with Gasteiger partial charge in [-0.05, 0) is 140 Å². The van der Waals surface area contributed by atoms with Crippen LogP contribution < -0.4 is 4.90 Å². The molecule has 2 aliphatic carbocycles. The van der Waals surface area contributed by atoms with E-state index in [1.165, 1.54) is 77.7 Å². The van der Waals surface area contributed by atoms with Gasteiger partial charge in [-0.1, -0.05) is 234 Å². The molecule has 2 aromatic carbocycles. The van der Waals surface area contributed by atoms with Gasteiger partial charge in [-0.2, -0.15) is 0 Å². The molecule has 0 saturated carbocycles. The third-order valence-corrected chi connectivity index (χ3v) is 13.1. The molecule has 0 spiro atoms. The van der Waals surface area contributed by atoms with E-state index in [9.17, 15) is 0 Å².